The van der Waals surface area contributed by atoms with Gasteiger partial charge in [-0.3, -0.25) is 0 Å². The molecule has 0 N–H and O–H groups in total. The first-order valence-corrected chi connectivity index (χ1v) is 15.3. The first kappa shape index (κ1) is 21.9. The van der Waals surface area contributed by atoms with Crippen molar-refractivity contribution in [3.8, 4) is 0 Å². The van der Waals surface area contributed by atoms with E-state index < -0.39 is 0 Å². The molecule has 144 valence electrons. The summed E-state index contributed by atoms with van der Waals surface area (Å²) in [6, 6.07) is 10.8. The standard InChI is InChI=1S/C21H31P.2ClH.Pd/c1-4-11-19(12-5-1)13-10-18-22(20-14-6-2-7-15-20)21-16-8-3-9-17-21;;;/h1,4-5,10-13,20-21H,2-3,6-9,14-18H2;2*1H;/q;;;+2/p-2. The van der Waals surface area contributed by atoms with E-state index in [9.17, 15) is 0 Å². The summed E-state index contributed by atoms with van der Waals surface area (Å²) < 4.78 is 0. The van der Waals surface area contributed by atoms with E-state index in [-0.39, 0.29) is 23.9 Å². The Labute approximate surface area is 172 Å². The van der Waals surface area contributed by atoms with E-state index in [1.165, 1.54) is 75.9 Å². The Kier molecular flexibility index (Phi) is 12.1. The number of benzene rings is 1. The van der Waals surface area contributed by atoms with Gasteiger partial charge >= 0.3 is 35.0 Å². The molecular formula is C21H31Cl2PPd. The van der Waals surface area contributed by atoms with Crippen molar-refractivity contribution in [3.05, 3.63) is 42.0 Å². The Morgan fingerprint density at radius 3 is 1.80 bits per heavy atom. The predicted octanol–water partition coefficient (Wildman–Crippen LogP) is 8.22. The van der Waals surface area contributed by atoms with Crippen LogP contribution >= 0.6 is 27.0 Å². The van der Waals surface area contributed by atoms with E-state index >= 15 is 0 Å². The van der Waals surface area contributed by atoms with Crippen LogP contribution in [0.5, 0.6) is 0 Å². The number of allylic oxidation sites excluding steroid dienone is 1. The quantitative estimate of drug-likeness (QED) is 0.287. The van der Waals surface area contributed by atoms with Crippen molar-refractivity contribution in [2.24, 2.45) is 0 Å². The number of rotatable bonds is 5. The molecule has 2 aliphatic carbocycles. The van der Waals surface area contributed by atoms with Crippen LogP contribution < -0.4 is 0 Å². The van der Waals surface area contributed by atoms with E-state index in [0.29, 0.717) is 0 Å². The molecule has 3 rings (SSSR count). The third kappa shape index (κ3) is 8.45. The van der Waals surface area contributed by atoms with Crippen molar-refractivity contribution >= 4 is 33.1 Å². The van der Waals surface area contributed by atoms with E-state index in [4.69, 9.17) is 19.1 Å². The molecule has 4 heteroatoms. The second-order valence-electron chi connectivity index (χ2n) is 7.14. The monoisotopic (exact) mass is 490 g/mol. The first-order valence-electron chi connectivity index (χ1n) is 9.65. The maximum atomic E-state index is 4.81. The van der Waals surface area contributed by atoms with E-state index in [1.807, 2.05) is 0 Å². The normalized spacial score (nSPS) is 20.0. The minimum atomic E-state index is -0.106. The molecule has 1 aromatic rings. The topological polar surface area (TPSA) is 0 Å². The maximum absolute atomic E-state index is 4.81. The van der Waals surface area contributed by atoms with Crippen LogP contribution in [0.4, 0.5) is 0 Å². The molecular weight excluding hydrogens is 461 g/mol. The fraction of sp³-hybridized carbons (Fsp3) is 0.619. The average molecular weight is 492 g/mol. The Morgan fingerprint density at radius 2 is 1.32 bits per heavy atom. The first-order chi connectivity index (χ1) is 12.3. The number of hydrogen-bond donors (Lipinski definition) is 0. The number of hydrogen-bond acceptors (Lipinski definition) is 0. The summed E-state index contributed by atoms with van der Waals surface area (Å²) in [6.07, 6.45) is 21.3. The molecule has 0 spiro atoms. The Morgan fingerprint density at radius 1 is 0.840 bits per heavy atom. The summed E-state index contributed by atoms with van der Waals surface area (Å²) in [5.41, 5.74) is 3.52. The second kappa shape index (κ2) is 13.7. The molecule has 2 aliphatic rings. The van der Waals surface area contributed by atoms with Crippen LogP contribution in [0.1, 0.15) is 69.8 Å². The minimum absolute atomic E-state index is 0.106. The Bertz CT molecular complexity index is 450. The van der Waals surface area contributed by atoms with Crippen molar-refractivity contribution in [1.29, 1.82) is 0 Å². The van der Waals surface area contributed by atoms with Crippen LogP contribution in [0.3, 0.4) is 0 Å². The molecule has 0 amide bonds. The molecule has 0 atom stereocenters. The fourth-order valence-corrected chi connectivity index (χ4v) is 7.89. The summed E-state index contributed by atoms with van der Waals surface area (Å²) in [4.78, 5) is 0. The van der Waals surface area contributed by atoms with Gasteiger partial charge in [0, 0.05) is 0 Å². The van der Waals surface area contributed by atoms with Gasteiger partial charge in [-0.2, -0.15) is 0 Å². The summed E-state index contributed by atoms with van der Waals surface area (Å²) in [6.45, 7) is 0. The molecule has 2 saturated carbocycles. The van der Waals surface area contributed by atoms with Crippen molar-refractivity contribution < 1.29 is 15.9 Å². The molecule has 0 aromatic heterocycles. The molecule has 0 nitrogen and oxygen atoms in total. The van der Waals surface area contributed by atoms with Gasteiger partial charge in [0.15, 0.2) is 0 Å². The third-order valence-electron chi connectivity index (χ3n) is 5.51. The van der Waals surface area contributed by atoms with Crippen molar-refractivity contribution in [1.82, 2.24) is 0 Å². The molecule has 25 heavy (non-hydrogen) atoms. The van der Waals surface area contributed by atoms with Gasteiger partial charge in [0.2, 0.25) is 0 Å². The summed E-state index contributed by atoms with van der Waals surface area (Å²) in [5, 5.41) is 0. The zero-order valence-electron chi connectivity index (χ0n) is 15.0. The molecule has 0 radical (unpaired) electrons. The molecule has 0 bridgehead atoms. The van der Waals surface area contributed by atoms with Crippen LogP contribution in [0.2, 0.25) is 0 Å². The van der Waals surface area contributed by atoms with Crippen molar-refractivity contribution in [2.75, 3.05) is 6.16 Å². The second-order valence-corrected chi connectivity index (χ2v) is 12.4. The van der Waals surface area contributed by atoms with E-state index in [2.05, 4.69) is 42.5 Å². The molecule has 1 aromatic carbocycles. The SMILES string of the molecule is C(=Cc1ccccc1)CP(C1CCCCC1)C1CCCCC1.[Cl][Pd][Cl]. The van der Waals surface area contributed by atoms with Gasteiger partial charge in [-0.15, -0.1) is 0 Å². The molecule has 0 unspecified atom stereocenters. The van der Waals surface area contributed by atoms with E-state index in [0.717, 1.165) is 11.3 Å². The van der Waals surface area contributed by atoms with Gasteiger partial charge in [-0.05, 0) is 48.7 Å². The third-order valence-corrected chi connectivity index (χ3v) is 9.05. The van der Waals surface area contributed by atoms with Gasteiger partial charge < -0.3 is 0 Å². The zero-order chi connectivity index (χ0) is 17.7. The van der Waals surface area contributed by atoms with Gasteiger partial charge in [0.1, 0.15) is 0 Å². The van der Waals surface area contributed by atoms with Crippen molar-refractivity contribution in [3.63, 3.8) is 0 Å². The average Bonchev–Trinajstić information content (AvgIpc) is 2.68. The van der Waals surface area contributed by atoms with Crippen LogP contribution in [0.15, 0.2) is 36.4 Å². The molecule has 2 fully saturated rings. The summed E-state index contributed by atoms with van der Waals surface area (Å²) >= 11 is -0.106. The Balaban J connectivity index is 0.000000701. The summed E-state index contributed by atoms with van der Waals surface area (Å²) in [7, 11) is 9.85. The van der Waals surface area contributed by atoms with E-state index in [1.54, 1.807) is 0 Å². The van der Waals surface area contributed by atoms with Crippen LogP contribution in [-0.4, -0.2) is 17.5 Å². The fourth-order valence-electron chi connectivity index (χ4n) is 4.30. The van der Waals surface area contributed by atoms with Gasteiger partial charge in [0.25, 0.3) is 0 Å². The predicted molar refractivity (Wildman–Crippen MR) is 113 cm³/mol. The molecule has 0 aliphatic heterocycles. The van der Waals surface area contributed by atoms with Crippen LogP contribution in [0.25, 0.3) is 6.08 Å². The van der Waals surface area contributed by atoms with Gasteiger partial charge in [-0.25, -0.2) is 0 Å². The van der Waals surface area contributed by atoms with Gasteiger partial charge in [0.05, 0.1) is 0 Å². The number of halogens is 2. The summed E-state index contributed by atoms with van der Waals surface area (Å²) in [5.74, 6) is 0. The van der Waals surface area contributed by atoms with Crippen LogP contribution in [-0.2, 0) is 15.9 Å². The van der Waals surface area contributed by atoms with Crippen molar-refractivity contribution in [2.45, 2.75) is 75.5 Å². The molecule has 0 saturated heterocycles. The zero-order valence-corrected chi connectivity index (χ0v) is 19.0. The van der Waals surface area contributed by atoms with Gasteiger partial charge in [-0.1, -0.05) is 88.9 Å². The van der Waals surface area contributed by atoms with Crippen LogP contribution in [0, 0.1) is 0 Å². The molecule has 0 heterocycles. The Hall–Kier alpha value is 0.632.